The minimum Gasteiger partial charge on any atom is -0.476 e. The molecule has 92 valence electrons. The highest BCUT2D eigenvalue weighted by Crippen LogP contribution is 2.24. The molecular weight excluding hydrogens is 268 g/mol. The van der Waals surface area contributed by atoms with Crippen molar-refractivity contribution >= 4 is 34.8 Å². The van der Waals surface area contributed by atoms with Crippen molar-refractivity contribution in [2.75, 3.05) is 26.3 Å². The summed E-state index contributed by atoms with van der Waals surface area (Å²) in [5.74, 6) is -1.60. The Bertz CT molecular complexity index is 456. The highest BCUT2D eigenvalue weighted by Gasteiger charge is 2.27. The van der Waals surface area contributed by atoms with Gasteiger partial charge >= 0.3 is 5.97 Å². The number of carboxylic acids is 1. The highest BCUT2D eigenvalue weighted by atomic mass is 35.5. The number of hydrogen-bond acceptors (Lipinski definition) is 5. The third-order valence-corrected chi connectivity index (χ3v) is 3.44. The summed E-state index contributed by atoms with van der Waals surface area (Å²) in [6.07, 6.45) is 0. The van der Waals surface area contributed by atoms with Gasteiger partial charge in [0, 0.05) is 13.1 Å². The lowest BCUT2D eigenvalue weighted by molar-refractivity contribution is 0.0303. The second-order valence-electron chi connectivity index (χ2n) is 3.35. The van der Waals surface area contributed by atoms with Crippen LogP contribution in [0.15, 0.2) is 0 Å². The van der Waals surface area contributed by atoms with Crippen molar-refractivity contribution in [3.8, 4) is 0 Å². The molecule has 0 aliphatic carbocycles. The van der Waals surface area contributed by atoms with Crippen molar-refractivity contribution in [1.82, 2.24) is 9.88 Å². The van der Waals surface area contributed by atoms with Gasteiger partial charge in [-0.25, -0.2) is 9.78 Å². The average Bonchev–Trinajstić information content (AvgIpc) is 2.72. The van der Waals surface area contributed by atoms with Crippen LogP contribution in [0.25, 0.3) is 0 Å². The fourth-order valence-electron chi connectivity index (χ4n) is 1.49. The Morgan fingerprint density at radius 3 is 2.65 bits per heavy atom. The van der Waals surface area contributed by atoms with Gasteiger partial charge in [-0.05, 0) is 0 Å². The van der Waals surface area contributed by atoms with Crippen molar-refractivity contribution in [1.29, 1.82) is 0 Å². The molecular formula is C9H9ClN2O4S. The molecule has 1 amide bonds. The largest absolute Gasteiger partial charge is 0.476 e. The zero-order chi connectivity index (χ0) is 12.4. The third kappa shape index (κ3) is 2.56. The van der Waals surface area contributed by atoms with Gasteiger partial charge in [0.1, 0.15) is 4.88 Å². The number of morpholine rings is 1. The van der Waals surface area contributed by atoms with Gasteiger partial charge in [-0.15, -0.1) is 0 Å². The Balaban J connectivity index is 2.26. The maximum absolute atomic E-state index is 12.1. The van der Waals surface area contributed by atoms with Gasteiger partial charge in [0.25, 0.3) is 5.91 Å². The van der Waals surface area contributed by atoms with Gasteiger partial charge in [-0.3, -0.25) is 4.79 Å². The van der Waals surface area contributed by atoms with Crippen LogP contribution in [0.5, 0.6) is 0 Å². The van der Waals surface area contributed by atoms with Gasteiger partial charge in [0.15, 0.2) is 10.2 Å². The van der Waals surface area contributed by atoms with E-state index in [1.54, 1.807) is 4.90 Å². The first-order valence-electron chi connectivity index (χ1n) is 4.86. The predicted molar refractivity (Wildman–Crippen MR) is 60.8 cm³/mol. The number of ether oxygens (including phenoxy) is 1. The number of carboxylic acid groups (broad SMARTS) is 1. The van der Waals surface area contributed by atoms with E-state index in [2.05, 4.69) is 4.98 Å². The lowest BCUT2D eigenvalue weighted by Crippen LogP contribution is -2.40. The van der Waals surface area contributed by atoms with Gasteiger partial charge in [0.2, 0.25) is 0 Å². The molecule has 0 spiro atoms. The van der Waals surface area contributed by atoms with Crippen LogP contribution in [0.1, 0.15) is 20.2 Å². The molecule has 17 heavy (non-hydrogen) atoms. The number of aromatic carboxylic acids is 1. The van der Waals surface area contributed by atoms with Crippen molar-refractivity contribution in [2.24, 2.45) is 0 Å². The minimum absolute atomic E-state index is 0.0546. The molecule has 8 heteroatoms. The standard InChI is InChI=1S/C9H9ClN2O4S/c10-9-11-5(8(14)15)6(17-9)7(13)12-1-3-16-4-2-12/h1-4H2,(H,14,15). The van der Waals surface area contributed by atoms with E-state index in [4.69, 9.17) is 21.4 Å². The van der Waals surface area contributed by atoms with E-state index in [-0.39, 0.29) is 20.9 Å². The quantitative estimate of drug-likeness (QED) is 0.870. The molecule has 1 aromatic heterocycles. The molecule has 0 radical (unpaired) electrons. The molecule has 0 aromatic carbocycles. The van der Waals surface area contributed by atoms with Gasteiger partial charge in [0.05, 0.1) is 13.2 Å². The van der Waals surface area contributed by atoms with E-state index in [0.29, 0.717) is 26.3 Å². The normalized spacial score (nSPS) is 15.9. The smallest absolute Gasteiger partial charge is 0.356 e. The summed E-state index contributed by atoms with van der Waals surface area (Å²) in [5.41, 5.74) is -0.281. The maximum atomic E-state index is 12.1. The van der Waals surface area contributed by atoms with Crippen molar-refractivity contribution < 1.29 is 19.4 Å². The fraction of sp³-hybridized carbons (Fsp3) is 0.444. The Hall–Kier alpha value is -1.18. The molecule has 1 saturated heterocycles. The number of carbonyl (C=O) groups is 2. The Kier molecular flexibility index (Phi) is 3.60. The van der Waals surface area contributed by atoms with E-state index >= 15 is 0 Å². The summed E-state index contributed by atoms with van der Waals surface area (Å²) < 4.78 is 5.17. The van der Waals surface area contributed by atoms with Gasteiger partial charge in [-0.2, -0.15) is 0 Å². The summed E-state index contributed by atoms with van der Waals surface area (Å²) in [6, 6.07) is 0. The van der Waals surface area contributed by atoms with Gasteiger partial charge in [-0.1, -0.05) is 22.9 Å². The van der Waals surface area contributed by atoms with Crippen LogP contribution >= 0.6 is 22.9 Å². The Morgan fingerprint density at radius 1 is 1.41 bits per heavy atom. The van der Waals surface area contributed by atoms with Crippen molar-refractivity contribution in [3.63, 3.8) is 0 Å². The summed E-state index contributed by atoms with van der Waals surface area (Å²) in [4.78, 5) is 28.2. The van der Waals surface area contributed by atoms with Crippen LogP contribution < -0.4 is 0 Å². The van der Waals surface area contributed by atoms with E-state index < -0.39 is 5.97 Å². The molecule has 0 bridgehead atoms. The van der Waals surface area contributed by atoms with E-state index in [1.807, 2.05) is 0 Å². The molecule has 0 atom stereocenters. The number of nitrogens with zero attached hydrogens (tertiary/aromatic N) is 2. The molecule has 1 aliphatic rings. The van der Waals surface area contributed by atoms with Crippen LogP contribution in [-0.4, -0.2) is 53.2 Å². The molecule has 1 N–H and O–H groups in total. The summed E-state index contributed by atoms with van der Waals surface area (Å²) in [5, 5.41) is 8.92. The summed E-state index contributed by atoms with van der Waals surface area (Å²) in [7, 11) is 0. The summed E-state index contributed by atoms with van der Waals surface area (Å²) >= 11 is 6.53. The minimum atomic E-state index is -1.25. The molecule has 1 fully saturated rings. The van der Waals surface area contributed by atoms with Crippen LogP contribution in [0, 0.1) is 0 Å². The monoisotopic (exact) mass is 276 g/mol. The van der Waals surface area contributed by atoms with Crippen molar-refractivity contribution in [3.05, 3.63) is 15.0 Å². The lowest BCUT2D eigenvalue weighted by atomic mass is 10.3. The predicted octanol–water partition coefficient (Wildman–Crippen LogP) is 0.967. The summed E-state index contributed by atoms with van der Waals surface area (Å²) in [6.45, 7) is 1.82. The molecule has 2 heterocycles. The average molecular weight is 277 g/mol. The Labute approximate surface area is 106 Å². The zero-order valence-corrected chi connectivity index (χ0v) is 10.3. The molecule has 1 aliphatic heterocycles. The first-order valence-corrected chi connectivity index (χ1v) is 6.05. The number of aromatic nitrogens is 1. The molecule has 1 aromatic rings. The number of hydrogen-bond donors (Lipinski definition) is 1. The third-order valence-electron chi connectivity index (χ3n) is 2.30. The van der Waals surface area contributed by atoms with Gasteiger partial charge < -0.3 is 14.7 Å². The topological polar surface area (TPSA) is 79.7 Å². The number of thiazole rings is 1. The molecule has 6 nitrogen and oxygen atoms in total. The number of amides is 1. The van der Waals surface area contributed by atoms with E-state index in [9.17, 15) is 9.59 Å². The highest BCUT2D eigenvalue weighted by molar-refractivity contribution is 7.17. The number of carbonyl (C=O) groups excluding carboxylic acids is 1. The van der Waals surface area contributed by atoms with E-state index in [0.717, 1.165) is 11.3 Å². The van der Waals surface area contributed by atoms with Crippen LogP contribution in [0.3, 0.4) is 0 Å². The Morgan fingerprint density at radius 2 is 2.06 bits per heavy atom. The van der Waals surface area contributed by atoms with Crippen molar-refractivity contribution in [2.45, 2.75) is 0 Å². The lowest BCUT2D eigenvalue weighted by Gasteiger charge is -2.26. The second-order valence-corrected chi connectivity index (χ2v) is 4.94. The number of halogens is 1. The van der Waals surface area contributed by atoms with E-state index in [1.165, 1.54) is 0 Å². The molecule has 0 unspecified atom stereocenters. The maximum Gasteiger partial charge on any atom is 0.356 e. The van der Waals surface area contributed by atoms with Crippen LogP contribution in [0.4, 0.5) is 0 Å². The second kappa shape index (κ2) is 4.99. The van der Waals surface area contributed by atoms with Crippen LogP contribution in [0.2, 0.25) is 4.47 Å². The molecule has 0 saturated carbocycles. The first-order chi connectivity index (χ1) is 8.09. The molecule has 2 rings (SSSR count). The fourth-order valence-corrected chi connectivity index (χ4v) is 2.56. The van der Waals surface area contributed by atoms with Crippen LogP contribution in [-0.2, 0) is 4.74 Å². The first kappa shape index (κ1) is 12.3. The SMILES string of the molecule is O=C(O)c1nc(Cl)sc1C(=O)N1CCOCC1. The zero-order valence-electron chi connectivity index (χ0n) is 8.68. The number of rotatable bonds is 2.